The van der Waals surface area contributed by atoms with E-state index in [0.29, 0.717) is 23.7 Å². The van der Waals surface area contributed by atoms with Crippen LogP contribution in [0.3, 0.4) is 0 Å². The summed E-state index contributed by atoms with van der Waals surface area (Å²) >= 11 is 0. The summed E-state index contributed by atoms with van der Waals surface area (Å²) in [6, 6.07) is 10.1. The molecule has 0 radical (unpaired) electrons. The van der Waals surface area contributed by atoms with Crippen LogP contribution in [0.1, 0.15) is 42.6 Å². The molecule has 3 rings (SSSR count). The quantitative estimate of drug-likeness (QED) is 0.415. The summed E-state index contributed by atoms with van der Waals surface area (Å²) in [6.45, 7) is 6.50. The summed E-state index contributed by atoms with van der Waals surface area (Å²) in [6.07, 6.45) is 0.0560. The topological polar surface area (TPSA) is 135 Å². The minimum Gasteiger partial charge on any atom is -0.493 e. The highest BCUT2D eigenvalue weighted by molar-refractivity contribution is 6.01. The van der Waals surface area contributed by atoms with Gasteiger partial charge in [0.05, 0.1) is 32.2 Å². The molecule has 222 valence electrons. The van der Waals surface area contributed by atoms with Crippen LogP contribution in [0.4, 0.5) is 0 Å². The van der Waals surface area contributed by atoms with Gasteiger partial charge in [0.1, 0.15) is 31.0 Å². The minimum absolute atomic E-state index is 0.114. The number of ether oxygens (including phenoxy) is 3. The van der Waals surface area contributed by atoms with Gasteiger partial charge in [-0.05, 0) is 49.1 Å². The van der Waals surface area contributed by atoms with Crippen LogP contribution >= 0.6 is 0 Å². The number of methoxy groups -OCH3 is 1. The summed E-state index contributed by atoms with van der Waals surface area (Å²) in [5.74, 6) is -0.369. The summed E-state index contributed by atoms with van der Waals surface area (Å²) in [5, 5.41) is 8.16. The monoisotopic (exact) mass is 568 g/mol. The van der Waals surface area contributed by atoms with Gasteiger partial charge < -0.3 is 35.1 Å². The molecule has 0 saturated heterocycles. The first-order valence-electron chi connectivity index (χ1n) is 13.7. The number of carbonyl (C=O) groups excluding carboxylic acids is 4. The Morgan fingerprint density at radius 1 is 1.12 bits per heavy atom. The first kappa shape index (κ1) is 31.3. The van der Waals surface area contributed by atoms with Crippen molar-refractivity contribution in [2.45, 2.75) is 45.7 Å². The van der Waals surface area contributed by atoms with Gasteiger partial charge in [-0.1, -0.05) is 32.0 Å². The predicted octanol–water partition coefficient (Wildman–Crippen LogP) is 2.07. The number of nitrogens with one attached hydrogen (secondary N) is 3. The highest BCUT2D eigenvalue weighted by Gasteiger charge is 2.30. The second-order valence-corrected chi connectivity index (χ2v) is 10.4. The third-order valence-electron chi connectivity index (χ3n) is 6.52. The van der Waals surface area contributed by atoms with Crippen LogP contribution in [-0.4, -0.2) is 81.1 Å². The summed E-state index contributed by atoms with van der Waals surface area (Å²) in [7, 11) is 3.19. The molecule has 2 aromatic carbocycles. The Balaban J connectivity index is 1.77. The van der Waals surface area contributed by atoms with Crippen LogP contribution < -0.4 is 30.2 Å². The number of fused-ring (bicyclic) bond motifs is 1. The lowest BCUT2D eigenvalue weighted by Gasteiger charge is -2.27. The first-order chi connectivity index (χ1) is 19.6. The molecule has 11 heteroatoms. The molecule has 0 aliphatic carbocycles. The first-order valence-corrected chi connectivity index (χ1v) is 13.7. The Kier molecular flexibility index (Phi) is 11.4. The number of para-hydroxylation sites is 1. The van der Waals surface area contributed by atoms with Gasteiger partial charge in [-0.2, -0.15) is 0 Å². The molecule has 1 aliphatic rings. The molecule has 0 bridgehead atoms. The molecule has 1 aliphatic heterocycles. The number of nitrogens with zero attached hydrogens (tertiary/aromatic N) is 1. The summed E-state index contributed by atoms with van der Waals surface area (Å²) in [4.78, 5) is 54.2. The molecule has 1 heterocycles. The van der Waals surface area contributed by atoms with E-state index in [4.69, 9.17) is 14.2 Å². The molecule has 0 fully saturated rings. The zero-order valence-electron chi connectivity index (χ0n) is 24.3. The Hall–Kier alpha value is -4.28. The zero-order valence-corrected chi connectivity index (χ0v) is 24.3. The molecule has 0 saturated carbocycles. The third kappa shape index (κ3) is 9.12. The maximum absolute atomic E-state index is 13.2. The fourth-order valence-electron chi connectivity index (χ4n) is 4.38. The van der Waals surface area contributed by atoms with Gasteiger partial charge in [0, 0.05) is 7.05 Å². The Labute approximate surface area is 240 Å². The number of hydrogen-bond acceptors (Lipinski definition) is 7. The molecule has 2 aromatic rings. The van der Waals surface area contributed by atoms with Gasteiger partial charge in [-0.3, -0.25) is 19.2 Å². The maximum Gasteiger partial charge on any atom is 0.255 e. The van der Waals surface area contributed by atoms with Crippen molar-refractivity contribution in [1.82, 2.24) is 20.9 Å². The highest BCUT2D eigenvalue weighted by atomic mass is 16.5. The van der Waals surface area contributed by atoms with Crippen molar-refractivity contribution < 1.29 is 33.4 Å². The third-order valence-corrected chi connectivity index (χ3v) is 6.52. The van der Waals surface area contributed by atoms with E-state index in [1.165, 1.54) is 4.90 Å². The van der Waals surface area contributed by atoms with Gasteiger partial charge in [-0.25, -0.2) is 0 Å². The van der Waals surface area contributed by atoms with E-state index >= 15 is 0 Å². The maximum atomic E-state index is 13.2. The SMILES string of the molecule is COc1cc(C)ccc1OCCNC(=O)[C@@H]1CC(=O)N[C@H](CC(C)C)C(=O)N(C)CCOc2ccccc2C(=O)N1. The largest absolute Gasteiger partial charge is 0.493 e. The normalized spacial score (nSPS) is 18.4. The number of amides is 4. The highest BCUT2D eigenvalue weighted by Crippen LogP contribution is 2.27. The van der Waals surface area contributed by atoms with Crippen LogP contribution in [0.5, 0.6) is 17.2 Å². The Morgan fingerprint density at radius 3 is 2.61 bits per heavy atom. The van der Waals surface area contributed by atoms with Crippen LogP contribution in [0, 0.1) is 12.8 Å². The van der Waals surface area contributed by atoms with Gasteiger partial charge in [0.25, 0.3) is 5.91 Å². The van der Waals surface area contributed by atoms with Crippen LogP contribution in [0.2, 0.25) is 0 Å². The van der Waals surface area contributed by atoms with Crippen molar-refractivity contribution in [3.63, 3.8) is 0 Å². The van der Waals surface area contributed by atoms with Crippen LogP contribution in [0.25, 0.3) is 0 Å². The van der Waals surface area contributed by atoms with Gasteiger partial charge in [-0.15, -0.1) is 0 Å². The molecule has 3 N–H and O–H groups in total. The smallest absolute Gasteiger partial charge is 0.255 e. The molecule has 0 unspecified atom stereocenters. The number of carbonyl (C=O) groups is 4. The number of benzene rings is 2. The number of aryl methyl sites for hydroxylation is 1. The second-order valence-electron chi connectivity index (χ2n) is 10.4. The molecular weight excluding hydrogens is 528 g/mol. The lowest BCUT2D eigenvalue weighted by atomic mass is 10.0. The van der Waals surface area contributed by atoms with E-state index in [2.05, 4.69) is 16.0 Å². The van der Waals surface area contributed by atoms with E-state index in [1.54, 1.807) is 44.5 Å². The minimum atomic E-state index is -1.21. The van der Waals surface area contributed by atoms with E-state index in [0.717, 1.165) is 5.56 Å². The van der Waals surface area contributed by atoms with Gasteiger partial charge in [0.2, 0.25) is 17.7 Å². The van der Waals surface area contributed by atoms with Gasteiger partial charge >= 0.3 is 0 Å². The van der Waals surface area contributed by atoms with Crippen molar-refractivity contribution in [3.8, 4) is 17.2 Å². The lowest BCUT2D eigenvalue weighted by molar-refractivity contribution is -0.136. The molecule has 2 atom stereocenters. The fraction of sp³-hybridized carbons (Fsp3) is 0.467. The van der Waals surface area contributed by atoms with Crippen molar-refractivity contribution in [2.75, 3.05) is 40.5 Å². The Bertz CT molecular complexity index is 1230. The van der Waals surface area contributed by atoms with E-state index in [9.17, 15) is 19.2 Å². The van der Waals surface area contributed by atoms with E-state index in [1.807, 2.05) is 32.9 Å². The number of hydrogen-bond donors (Lipinski definition) is 3. The molecule has 0 spiro atoms. The summed E-state index contributed by atoms with van der Waals surface area (Å²) < 4.78 is 16.9. The standard InChI is InChI=1S/C30H40N4O7/c1-19(2)16-23-30(38)34(4)13-15-41-24-9-7-6-8-21(24)28(36)33-22(18-27(35)32-23)29(37)31-12-14-40-25-11-10-20(3)17-26(25)39-5/h6-11,17,19,22-23H,12-16,18H2,1-5H3,(H,31,37)(H,32,35)(H,33,36)/t22-,23+/m0/s1. The summed E-state index contributed by atoms with van der Waals surface area (Å²) in [5.41, 5.74) is 1.23. The molecular formula is C30H40N4O7. The van der Waals surface area contributed by atoms with Crippen LogP contribution in [-0.2, 0) is 14.4 Å². The van der Waals surface area contributed by atoms with Crippen molar-refractivity contribution in [2.24, 2.45) is 5.92 Å². The van der Waals surface area contributed by atoms with Crippen molar-refractivity contribution in [1.29, 1.82) is 0 Å². The molecule has 41 heavy (non-hydrogen) atoms. The molecule has 11 nitrogen and oxygen atoms in total. The molecule has 0 aromatic heterocycles. The zero-order chi connectivity index (χ0) is 29.9. The van der Waals surface area contributed by atoms with Crippen molar-refractivity contribution in [3.05, 3.63) is 53.6 Å². The van der Waals surface area contributed by atoms with E-state index in [-0.39, 0.29) is 50.1 Å². The Morgan fingerprint density at radius 2 is 1.88 bits per heavy atom. The average molecular weight is 569 g/mol. The number of rotatable bonds is 8. The van der Waals surface area contributed by atoms with Crippen LogP contribution in [0.15, 0.2) is 42.5 Å². The van der Waals surface area contributed by atoms with E-state index < -0.39 is 29.8 Å². The van der Waals surface area contributed by atoms with Crippen molar-refractivity contribution >= 4 is 23.6 Å². The molecule has 4 amide bonds. The second kappa shape index (κ2) is 14.9. The fourth-order valence-corrected chi connectivity index (χ4v) is 4.38. The predicted molar refractivity (Wildman–Crippen MR) is 153 cm³/mol. The lowest BCUT2D eigenvalue weighted by Crippen LogP contribution is -2.53. The average Bonchev–Trinajstić information content (AvgIpc) is 2.94. The van der Waals surface area contributed by atoms with Gasteiger partial charge in [0.15, 0.2) is 11.5 Å². The number of likely N-dealkylation sites (N-methyl/N-ethyl adjacent to an activating group) is 1.